The van der Waals surface area contributed by atoms with Gasteiger partial charge in [-0.2, -0.15) is 0 Å². The van der Waals surface area contributed by atoms with Gasteiger partial charge in [-0.1, -0.05) is 13.0 Å². The SMILES string of the molecule is CCNC1CNCC(NC(=O)/C=C/CN(C)C)C1. The average molecular weight is 254 g/mol. The molecule has 1 fully saturated rings. The molecular formula is C13H26N4O. The Bertz CT molecular complexity index is 276. The smallest absolute Gasteiger partial charge is 0.243 e. The lowest BCUT2D eigenvalue weighted by atomic mass is 10.0. The highest BCUT2D eigenvalue weighted by atomic mass is 16.1. The van der Waals surface area contributed by atoms with E-state index < -0.39 is 0 Å². The summed E-state index contributed by atoms with van der Waals surface area (Å²) in [5, 5.41) is 9.78. The summed E-state index contributed by atoms with van der Waals surface area (Å²) in [7, 11) is 3.96. The van der Waals surface area contributed by atoms with E-state index in [4.69, 9.17) is 0 Å². The summed E-state index contributed by atoms with van der Waals surface area (Å²) < 4.78 is 0. The molecule has 0 aliphatic carbocycles. The third-order valence-electron chi connectivity index (χ3n) is 2.93. The van der Waals surface area contributed by atoms with E-state index in [2.05, 4.69) is 22.9 Å². The van der Waals surface area contributed by atoms with Crippen molar-refractivity contribution in [2.24, 2.45) is 0 Å². The fourth-order valence-corrected chi connectivity index (χ4v) is 2.12. The van der Waals surface area contributed by atoms with E-state index in [1.807, 2.05) is 25.1 Å². The predicted molar refractivity (Wildman–Crippen MR) is 74.6 cm³/mol. The molecular weight excluding hydrogens is 228 g/mol. The molecule has 1 amide bonds. The summed E-state index contributed by atoms with van der Waals surface area (Å²) >= 11 is 0. The lowest BCUT2D eigenvalue weighted by Crippen LogP contribution is -2.54. The zero-order valence-electron chi connectivity index (χ0n) is 11.7. The first kappa shape index (κ1) is 15.1. The van der Waals surface area contributed by atoms with E-state index in [-0.39, 0.29) is 11.9 Å². The van der Waals surface area contributed by atoms with Crippen LogP contribution in [0, 0.1) is 0 Å². The van der Waals surface area contributed by atoms with E-state index in [0.29, 0.717) is 6.04 Å². The second-order valence-corrected chi connectivity index (χ2v) is 5.02. The summed E-state index contributed by atoms with van der Waals surface area (Å²) in [5.41, 5.74) is 0. The van der Waals surface area contributed by atoms with Crippen LogP contribution < -0.4 is 16.0 Å². The van der Waals surface area contributed by atoms with Gasteiger partial charge in [-0.25, -0.2) is 0 Å². The highest BCUT2D eigenvalue weighted by molar-refractivity contribution is 5.87. The van der Waals surface area contributed by atoms with Gasteiger partial charge in [0.15, 0.2) is 0 Å². The number of carbonyl (C=O) groups is 1. The summed E-state index contributed by atoms with van der Waals surface area (Å²) in [4.78, 5) is 13.7. The standard InChI is InChI=1S/C13H26N4O/c1-4-15-11-8-12(10-14-9-11)16-13(18)6-5-7-17(2)3/h5-6,11-12,14-15H,4,7-10H2,1-3H3,(H,16,18)/b6-5+. The molecule has 104 valence electrons. The van der Waals surface area contributed by atoms with Gasteiger partial charge in [-0.05, 0) is 27.1 Å². The third-order valence-corrected chi connectivity index (χ3v) is 2.93. The zero-order valence-corrected chi connectivity index (χ0v) is 11.7. The first-order chi connectivity index (χ1) is 8.61. The van der Waals surface area contributed by atoms with Crippen molar-refractivity contribution in [2.45, 2.75) is 25.4 Å². The third kappa shape index (κ3) is 6.14. The number of carbonyl (C=O) groups excluding carboxylic acids is 1. The summed E-state index contributed by atoms with van der Waals surface area (Å²) in [6.45, 7) is 5.70. The van der Waals surface area contributed by atoms with Crippen LogP contribution in [0.1, 0.15) is 13.3 Å². The summed E-state index contributed by atoms with van der Waals surface area (Å²) in [6.07, 6.45) is 4.50. The Labute approximate surface area is 110 Å². The average Bonchev–Trinajstić information content (AvgIpc) is 2.29. The van der Waals surface area contributed by atoms with E-state index in [1.165, 1.54) is 0 Å². The van der Waals surface area contributed by atoms with Crippen molar-refractivity contribution in [3.05, 3.63) is 12.2 Å². The van der Waals surface area contributed by atoms with Crippen molar-refractivity contribution in [1.82, 2.24) is 20.9 Å². The van der Waals surface area contributed by atoms with Crippen molar-refractivity contribution in [2.75, 3.05) is 40.3 Å². The fourth-order valence-electron chi connectivity index (χ4n) is 2.12. The Morgan fingerprint density at radius 2 is 2.11 bits per heavy atom. The van der Waals surface area contributed by atoms with Crippen molar-refractivity contribution in [1.29, 1.82) is 0 Å². The van der Waals surface area contributed by atoms with Gasteiger partial charge in [0.25, 0.3) is 0 Å². The molecule has 0 aromatic heterocycles. The number of nitrogens with one attached hydrogen (secondary N) is 3. The minimum atomic E-state index is 0.000739. The molecule has 0 spiro atoms. The Kier molecular flexibility index (Phi) is 6.93. The van der Waals surface area contributed by atoms with Crippen LogP contribution in [0.3, 0.4) is 0 Å². The molecule has 5 heteroatoms. The van der Waals surface area contributed by atoms with E-state index in [1.54, 1.807) is 6.08 Å². The molecule has 5 nitrogen and oxygen atoms in total. The zero-order chi connectivity index (χ0) is 13.4. The second-order valence-electron chi connectivity index (χ2n) is 5.02. The van der Waals surface area contributed by atoms with Crippen LogP contribution in [0.2, 0.25) is 0 Å². The van der Waals surface area contributed by atoms with Gasteiger partial charge in [0.1, 0.15) is 0 Å². The molecule has 1 rings (SSSR count). The molecule has 0 aromatic carbocycles. The normalized spacial score (nSPS) is 24.7. The summed E-state index contributed by atoms with van der Waals surface area (Å²) in [6, 6.07) is 0.680. The topological polar surface area (TPSA) is 56.4 Å². The molecule has 2 atom stereocenters. The van der Waals surface area contributed by atoms with Crippen molar-refractivity contribution >= 4 is 5.91 Å². The number of likely N-dealkylation sites (N-methyl/N-ethyl adjacent to an activating group) is 2. The Balaban J connectivity index is 2.28. The Morgan fingerprint density at radius 3 is 2.78 bits per heavy atom. The Hall–Kier alpha value is -0.910. The van der Waals surface area contributed by atoms with Crippen LogP contribution >= 0.6 is 0 Å². The van der Waals surface area contributed by atoms with E-state index >= 15 is 0 Å². The number of piperidine rings is 1. The maximum absolute atomic E-state index is 11.7. The number of amides is 1. The quantitative estimate of drug-likeness (QED) is 0.563. The summed E-state index contributed by atoms with van der Waals surface area (Å²) in [5.74, 6) is 0.000739. The van der Waals surface area contributed by atoms with Gasteiger partial charge in [0.2, 0.25) is 5.91 Å². The number of rotatable bonds is 6. The van der Waals surface area contributed by atoms with Crippen LogP contribution in [0.25, 0.3) is 0 Å². The van der Waals surface area contributed by atoms with Gasteiger partial charge in [0, 0.05) is 37.8 Å². The number of nitrogens with zero attached hydrogens (tertiary/aromatic N) is 1. The predicted octanol–water partition coefficient (Wildman–Crippen LogP) is -0.440. The monoisotopic (exact) mass is 254 g/mol. The minimum Gasteiger partial charge on any atom is -0.348 e. The van der Waals surface area contributed by atoms with E-state index in [9.17, 15) is 4.79 Å². The first-order valence-electron chi connectivity index (χ1n) is 6.67. The van der Waals surface area contributed by atoms with Gasteiger partial charge in [-0.15, -0.1) is 0 Å². The van der Waals surface area contributed by atoms with Crippen LogP contribution in [-0.2, 0) is 4.79 Å². The molecule has 0 saturated carbocycles. The molecule has 1 saturated heterocycles. The molecule has 1 aliphatic rings. The minimum absolute atomic E-state index is 0.000739. The van der Waals surface area contributed by atoms with Gasteiger partial charge >= 0.3 is 0 Å². The first-order valence-corrected chi connectivity index (χ1v) is 6.67. The van der Waals surface area contributed by atoms with Crippen LogP contribution in [0.4, 0.5) is 0 Å². The number of hydrogen-bond acceptors (Lipinski definition) is 4. The molecule has 2 unspecified atom stereocenters. The highest BCUT2D eigenvalue weighted by Crippen LogP contribution is 2.03. The van der Waals surface area contributed by atoms with Crippen LogP contribution in [0.5, 0.6) is 0 Å². The maximum atomic E-state index is 11.7. The van der Waals surface area contributed by atoms with Gasteiger partial charge < -0.3 is 20.9 Å². The largest absolute Gasteiger partial charge is 0.348 e. The molecule has 0 aromatic rings. The lowest BCUT2D eigenvalue weighted by molar-refractivity contribution is -0.117. The van der Waals surface area contributed by atoms with Crippen LogP contribution in [-0.4, -0.2) is 63.2 Å². The molecule has 0 radical (unpaired) electrons. The Morgan fingerprint density at radius 1 is 1.39 bits per heavy atom. The molecule has 3 N–H and O–H groups in total. The molecule has 18 heavy (non-hydrogen) atoms. The van der Waals surface area contributed by atoms with Crippen molar-refractivity contribution in [3.63, 3.8) is 0 Å². The van der Waals surface area contributed by atoms with Crippen LogP contribution in [0.15, 0.2) is 12.2 Å². The van der Waals surface area contributed by atoms with Gasteiger partial charge in [-0.3, -0.25) is 4.79 Å². The molecule has 1 aliphatic heterocycles. The highest BCUT2D eigenvalue weighted by Gasteiger charge is 2.21. The van der Waals surface area contributed by atoms with Crippen molar-refractivity contribution < 1.29 is 4.79 Å². The van der Waals surface area contributed by atoms with Gasteiger partial charge in [0.05, 0.1) is 0 Å². The molecule has 0 bridgehead atoms. The second kappa shape index (κ2) is 8.24. The lowest BCUT2D eigenvalue weighted by Gasteiger charge is -2.30. The van der Waals surface area contributed by atoms with Crippen molar-refractivity contribution in [3.8, 4) is 0 Å². The molecule has 1 heterocycles. The van der Waals surface area contributed by atoms with E-state index in [0.717, 1.165) is 32.6 Å². The fraction of sp³-hybridized carbons (Fsp3) is 0.769. The number of hydrogen-bond donors (Lipinski definition) is 3. The maximum Gasteiger partial charge on any atom is 0.243 e.